The fraction of sp³-hybridized carbons (Fsp3) is 0.704. The molecule has 3 fully saturated rings. The van der Waals surface area contributed by atoms with Crippen molar-refractivity contribution in [3.8, 4) is 0 Å². The molecule has 4 rings (SSSR count). The second kappa shape index (κ2) is 12.4. The second-order valence-electron chi connectivity index (χ2n) is 10.4. The van der Waals surface area contributed by atoms with E-state index in [0.717, 1.165) is 45.4 Å². The van der Waals surface area contributed by atoms with Gasteiger partial charge in [-0.1, -0.05) is 36.9 Å². The molecule has 0 radical (unpaired) electrons. The number of amides is 2. The number of carbonyl (C=O) groups is 2. The van der Waals surface area contributed by atoms with Crippen molar-refractivity contribution >= 4 is 23.4 Å². The number of carbonyl (C=O) groups excluding carboxylic acids is 2. The normalized spacial score (nSPS) is 23.7. The lowest BCUT2D eigenvalue weighted by molar-refractivity contribution is -0.129. The van der Waals surface area contributed by atoms with Gasteiger partial charge < -0.3 is 15.1 Å². The zero-order valence-corrected chi connectivity index (χ0v) is 21.4. The predicted molar refractivity (Wildman–Crippen MR) is 137 cm³/mol. The largest absolute Gasteiger partial charge is 0.355 e. The molecular weight excluding hydrogens is 448 g/mol. The van der Waals surface area contributed by atoms with E-state index in [-0.39, 0.29) is 17.9 Å². The predicted octanol–water partition coefficient (Wildman–Crippen LogP) is 4.04. The van der Waals surface area contributed by atoms with Gasteiger partial charge in [0, 0.05) is 55.9 Å². The molecule has 2 amide bonds. The molecule has 2 atom stereocenters. The first-order chi connectivity index (χ1) is 16.5. The molecule has 0 spiro atoms. The van der Waals surface area contributed by atoms with Crippen molar-refractivity contribution in [2.75, 3.05) is 45.8 Å². The van der Waals surface area contributed by atoms with Crippen molar-refractivity contribution in [3.63, 3.8) is 0 Å². The third-order valence-electron chi connectivity index (χ3n) is 8.04. The van der Waals surface area contributed by atoms with E-state index >= 15 is 0 Å². The molecule has 1 saturated carbocycles. The van der Waals surface area contributed by atoms with E-state index in [4.69, 9.17) is 11.6 Å². The Kier molecular flexibility index (Phi) is 9.26. The molecule has 2 saturated heterocycles. The summed E-state index contributed by atoms with van der Waals surface area (Å²) in [6.07, 6.45) is 9.64. The number of rotatable bonds is 8. The van der Waals surface area contributed by atoms with Gasteiger partial charge in [0.05, 0.1) is 6.04 Å². The van der Waals surface area contributed by atoms with Gasteiger partial charge in [0.2, 0.25) is 5.91 Å². The Hall–Kier alpha value is -1.63. The molecule has 1 aromatic rings. The molecule has 2 heterocycles. The first-order valence-electron chi connectivity index (χ1n) is 13.3. The zero-order valence-electron chi connectivity index (χ0n) is 20.7. The minimum atomic E-state index is -0.0696. The van der Waals surface area contributed by atoms with Crippen LogP contribution in [0.1, 0.15) is 68.6 Å². The van der Waals surface area contributed by atoms with Gasteiger partial charge in [-0.15, -0.1) is 0 Å². The quantitative estimate of drug-likeness (QED) is 0.561. The van der Waals surface area contributed by atoms with Crippen molar-refractivity contribution in [2.45, 2.75) is 70.4 Å². The first kappa shape index (κ1) is 25.5. The van der Waals surface area contributed by atoms with Crippen LogP contribution in [0.5, 0.6) is 0 Å². The van der Waals surface area contributed by atoms with Crippen LogP contribution in [0.15, 0.2) is 24.3 Å². The van der Waals surface area contributed by atoms with Gasteiger partial charge in [0.15, 0.2) is 0 Å². The minimum absolute atomic E-state index is 0.0240. The highest BCUT2D eigenvalue weighted by atomic mass is 35.5. The Morgan fingerprint density at radius 3 is 2.47 bits per heavy atom. The van der Waals surface area contributed by atoms with E-state index in [2.05, 4.69) is 22.0 Å². The van der Waals surface area contributed by atoms with Gasteiger partial charge in [0.25, 0.3) is 5.91 Å². The summed E-state index contributed by atoms with van der Waals surface area (Å²) in [5.74, 6) is 0.640. The number of piperidine rings is 1. The number of benzene rings is 1. The standard InChI is InChI=1S/C27H41ClN4O2/c1-21-8-4-5-14-30(21)15-7-13-29-26(33)25(22-9-2-3-10-22)31-16-18-32(19-17-31)27(34)23-11-6-12-24(28)20-23/h6,11-12,20-22,25H,2-5,7-10,13-19H2,1H3,(H,29,33)/t21-,25+/m1/s1. The lowest BCUT2D eigenvalue weighted by atomic mass is 9.95. The highest BCUT2D eigenvalue weighted by Gasteiger charge is 2.37. The number of nitrogens with one attached hydrogen (secondary N) is 1. The summed E-state index contributed by atoms with van der Waals surface area (Å²) in [6, 6.07) is 7.75. The number of hydrogen-bond donors (Lipinski definition) is 1. The Morgan fingerprint density at radius 2 is 1.76 bits per heavy atom. The van der Waals surface area contributed by atoms with Crippen LogP contribution in [0.25, 0.3) is 0 Å². The summed E-state index contributed by atoms with van der Waals surface area (Å²) in [5.41, 5.74) is 0.633. The van der Waals surface area contributed by atoms with E-state index in [1.807, 2.05) is 17.0 Å². The molecule has 188 valence electrons. The van der Waals surface area contributed by atoms with Crippen LogP contribution in [0.3, 0.4) is 0 Å². The lowest BCUT2D eigenvalue weighted by Gasteiger charge is -2.41. The van der Waals surface area contributed by atoms with Gasteiger partial charge in [-0.05, 0) is 69.7 Å². The highest BCUT2D eigenvalue weighted by Crippen LogP contribution is 2.31. The SMILES string of the molecule is C[C@@H]1CCCCN1CCCNC(=O)[C@H](C1CCCC1)N1CCN(C(=O)c2cccc(Cl)c2)CC1. The molecular formula is C27H41ClN4O2. The number of piperazine rings is 1. The van der Waals surface area contributed by atoms with E-state index < -0.39 is 0 Å². The number of nitrogens with zero attached hydrogens (tertiary/aromatic N) is 3. The molecule has 1 aromatic carbocycles. The van der Waals surface area contributed by atoms with Gasteiger partial charge in [-0.25, -0.2) is 0 Å². The Bertz CT molecular complexity index is 821. The summed E-state index contributed by atoms with van der Waals surface area (Å²) in [7, 11) is 0. The van der Waals surface area contributed by atoms with E-state index in [0.29, 0.717) is 35.6 Å². The molecule has 0 aromatic heterocycles. The maximum atomic E-state index is 13.4. The van der Waals surface area contributed by atoms with Crippen LogP contribution in [0.4, 0.5) is 0 Å². The maximum Gasteiger partial charge on any atom is 0.253 e. The van der Waals surface area contributed by atoms with Crippen LogP contribution >= 0.6 is 11.6 Å². The van der Waals surface area contributed by atoms with Crippen molar-refractivity contribution in [2.24, 2.45) is 5.92 Å². The monoisotopic (exact) mass is 488 g/mol. The van der Waals surface area contributed by atoms with Gasteiger partial charge in [-0.2, -0.15) is 0 Å². The number of likely N-dealkylation sites (tertiary alicyclic amines) is 1. The molecule has 34 heavy (non-hydrogen) atoms. The van der Waals surface area contributed by atoms with Crippen molar-refractivity contribution in [1.29, 1.82) is 0 Å². The van der Waals surface area contributed by atoms with Crippen molar-refractivity contribution < 1.29 is 9.59 Å². The molecule has 3 aliphatic rings. The summed E-state index contributed by atoms with van der Waals surface area (Å²) in [6.45, 7) is 8.11. The molecule has 0 unspecified atom stereocenters. The number of hydrogen-bond acceptors (Lipinski definition) is 4. The second-order valence-corrected chi connectivity index (χ2v) is 10.8. The van der Waals surface area contributed by atoms with Gasteiger partial charge in [-0.3, -0.25) is 14.5 Å². The number of halogens is 1. The molecule has 2 aliphatic heterocycles. The highest BCUT2D eigenvalue weighted by molar-refractivity contribution is 6.30. The van der Waals surface area contributed by atoms with Crippen molar-refractivity contribution in [3.05, 3.63) is 34.9 Å². The topological polar surface area (TPSA) is 55.9 Å². The fourth-order valence-electron chi connectivity index (χ4n) is 6.05. The van der Waals surface area contributed by atoms with Crippen LogP contribution in [0.2, 0.25) is 5.02 Å². The van der Waals surface area contributed by atoms with Gasteiger partial charge >= 0.3 is 0 Å². The van der Waals surface area contributed by atoms with Gasteiger partial charge in [0.1, 0.15) is 0 Å². The summed E-state index contributed by atoms with van der Waals surface area (Å²) < 4.78 is 0. The summed E-state index contributed by atoms with van der Waals surface area (Å²) in [5, 5.41) is 3.86. The fourth-order valence-corrected chi connectivity index (χ4v) is 6.24. The van der Waals surface area contributed by atoms with E-state index in [1.165, 1.54) is 38.6 Å². The van der Waals surface area contributed by atoms with Crippen LogP contribution < -0.4 is 5.32 Å². The summed E-state index contributed by atoms with van der Waals surface area (Å²) in [4.78, 5) is 33.1. The molecule has 0 bridgehead atoms. The average molecular weight is 489 g/mol. The van der Waals surface area contributed by atoms with E-state index in [9.17, 15) is 9.59 Å². The average Bonchev–Trinajstić information content (AvgIpc) is 3.37. The molecule has 7 heteroatoms. The van der Waals surface area contributed by atoms with E-state index in [1.54, 1.807) is 12.1 Å². The molecule has 6 nitrogen and oxygen atoms in total. The van der Waals surface area contributed by atoms with Crippen LogP contribution in [-0.2, 0) is 4.79 Å². The maximum absolute atomic E-state index is 13.4. The third kappa shape index (κ3) is 6.52. The Labute approximate surface area is 210 Å². The molecule has 1 aliphatic carbocycles. The van der Waals surface area contributed by atoms with Crippen LogP contribution in [-0.4, -0.2) is 84.4 Å². The zero-order chi connectivity index (χ0) is 23.9. The first-order valence-corrected chi connectivity index (χ1v) is 13.7. The van der Waals surface area contributed by atoms with Crippen LogP contribution in [0, 0.1) is 5.92 Å². The minimum Gasteiger partial charge on any atom is -0.355 e. The van der Waals surface area contributed by atoms with Crippen molar-refractivity contribution in [1.82, 2.24) is 20.0 Å². The summed E-state index contributed by atoms with van der Waals surface area (Å²) >= 11 is 6.08. The third-order valence-corrected chi connectivity index (χ3v) is 8.28. The molecule has 1 N–H and O–H groups in total. The Balaban J connectivity index is 1.29. The Morgan fingerprint density at radius 1 is 1.03 bits per heavy atom. The smallest absolute Gasteiger partial charge is 0.253 e. The lowest BCUT2D eigenvalue weighted by Crippen LogP contribution is -2.58.